The van der Waals surface area contributed by atoms with Gasteiger partial charge in [0.15, 0.2) is 5.96 Å². The Labute approximate surface area is 156 Å². The third kappa shape index (κ3) is 4.48. The molecule has 1 aliphatic rings. The average molecular weight is 352 g/mol. The molecule has 0 fully saturated rings. The van der Waals surface area contributed by atoms with Crippen LogP contribution in [0.3, 0.4) is 0 Å². The van der Waals surface area contributed by atoms with Crippen LogP contribution in [0.2, 0.25) is 0 Å². The van der Waals surface area contributed by atoms with E-state index in [0.717, 1.165) is 37.8 Å². The first kappa shape index (κ1) is 18.1. The van der Waals surface area contributed by atoms with Gasteiger partial charge in [-0.1, -0.05) is 24.3 Å². The fourth-order valence-corrected chi connectivity index (χ4v) is 3.28. The molecule has 0 atom stereocenters. The average Bonchev–Trinajstić information content (AvgIpc) is 2.68. The van der Waals surface area contributed by atoms with Crippen molar-refractivity contribution in [3.05, 3.63) is 59.2 Å². The maximum Gasteiger partial charge on any atom is 0.191 e. The van der Waals surface area contributed by atoms with E-state index >= 15 is 0 Å². The van der Waals surface area contributed by atoms with E-state index in [9.17, 15) is 0 Å². The van der Waals surface area contributed by atoms with Crippen molar-refractivity contribution in [1.29, 1.82) is 0 Å². The first-order valence-electron chi connectivity index (χ1n) is 9.10. The van der Waals surface area contributed by atoms with Gasteiger partial charge in [0.05, 0.1) is 7.11 Å². The van der Waals surface area contributed by atoms with Gasteiger partial charge in [-0.15, -0.1) is 0 Å². The number of guanidine groups is 1. The summed E-state index contributed by atoms with van der Waals surface area (Å²) in [6.07, 6.45) is 2.39. The summed E-state index contributed by atoms with van der Waals surface area (Å²) in [5.74, 6) is 1.67. The van der Waals surface area contributed by atoms with Crippen molar-refractivity contribution in [2.75, 3.05) is 32.6 Å². The molecule has 2 aromatic rings. The van der Waals surface area contributed by atoms with Gasteiger partial charge in [-0.05, 0) is 47.7 Å². The summed E-state index contributed by atoms with van der Waals surface area (Å²) in [5, 5.41) is 6.75. The Morgan fingerprint density at radius 2 is 1.77 bits per heavy atom. The van der Waals surface area contributed by atoms with Crippen molar-refractivity contribution in [2.24, 2.45) is 4.99 Å². The normalized spacial score (nSPS) is 14.0. The van der Waals surface area contributed by atoms with Crippen LogP contribution in [0.15, 0.2) is 47.5 Å². The number of aryl methyl sites for hydroxylation is 1. The van der Waals surface area contributed by atoms with Gasteiger partial charge in [-0.25, -0.2) is 0 Å². The van der Waals surface area contributed by atoms with Crippen LogP contribution in [0, 0.1) is 0 Å². The fourth-order valence-electron chi connectivity index (χ4n) is 3.28. The SMILES string of the molecule is CN=C(NCc1ccc(OC)cc1)NCc1ccc2c(c1)CCCN2C. The number of methoxy groups -OCH3 is 1. The summed E-state index contributed by atoms with van der Waals surface area (Å²) in [5.41, 5.74) is 5.28. The predicted molar refractivity (Wildman–Crippen MR) is 108 cm³/mol. The minimum atomic E-state index is 0.721. The molecule has 0 unspecified atom stereocenters. The Balaban J connectivity index is 1.54. The molecule has 0 bridgehead atoms. The van der Waals surface area contributed by atoms with Crippen LogP contribution >= 0.6 is 0 Å². The Kier molecular flexibility index (Phi) is 6.00. The van der Waals surface area contributed by atoms with Gasteiger partial charge < -0.3 is 20.3 Å². The number of anilines is 1. The van der Waals surface area contributed by atoms with E-state index in [0.29, 0.717) is 0 Å². The molecular weight excluding hydrogens is 324 g/mol. The van der Waals surface area contributed by atoms with Crippen molar-refractivity contribution in [1.82, 2.24) is 10.6 Å². The zero-order valence-electron chi connectivity index (χ0n) is 15.9. The lowest BCUT2D eigenvalue weighted by Gasteiger charge is -2.28. The number of nitrogens with one attached hydrogen (secondary N) is 2. The number of benzene rings is 2. The van der Waals surface area contributed by atoms with Gasteiger partial charge in [-0.3, -0.25) is 4.99 Å². The summed E-state index contributed by atoms with van der Waals surface area (Å²) >= 11 is 0. The molecule has 0 saturated carbocycles. The molecule has 5 heteroatoms. The first-order chi connectivity index (χ1) is 12.7. The maximum atomic E-state index is 5.19. The minimum Gasteiger partial charge on any atom is -0.497 e. The number of nitrogens with zero attached hydrogens (tertiary/aromatic N) is 2. The molecule has 26 heavy (non-hydrogen) atoms. The number of fused-ring (bicyclic) bond motifs is 1. The molecule has 5 nitrogen and oxygen atoms in total. The van der Waals surface area contributed by atoms with Crippen LogP contribution in [-0.2, 0) is 19.5 Å². The van der Waals surface area contributed by atoms with Gasteiger partial charge in [0.1, 0.15) is 5.75 Å². The lowest BCUT2D eigenvalue weighted by atomic mass is 9.99. The van der Waals surface area contributed by atoms with Crippen LogP contribution in [0.5, 0.6) is 5.75 Å². The zero-order chi connectivity index (χ0) is 18.4. The van der Waals surface area contributed by atoms with E-state index in [-0.39, 0.29) is 0 Å². The van der Waals surface area contributed by atoms with Crippen molar-refractivity contribution >= 4 is 11.6 Å². The fraction of sp³-hybridized carbons (Fsp3) is 0.381. The van der Waals surface area contributed by atoms with E-state index in [1.54, 1.807) is 14.2 Å². The molecule has 3 rings (SSSR count). The molecule has 0 amide bonds. The van der Waals surface area contributed by atoms with Crippen LogP contribution < -0.4 is 20.3 Å². The van der Waals surface area contributed by atoms with E-state index in [2.05, 4.69) is 57.9 Å². The number of hydrogen-bond donors (Lipinski definition) is 2. The van der Waals surface area contributed by atoms with Crippen molar-refractivity contribution in [3.63, 3.8) is 0 Å². The van der Waals surface area contributed by atoms with Gasteiger partial charge in [0, 0.05) is 39.4 Å². The Morgan fingerprint density at radius 1 is 1.08 bits per heavy atom. The van der Waals surface area contributed by atoms with Gasteiger partial charge in [0.25, 0.3) is 0 Å². The highest BCUT2D eigenvalue weighted by molar-refractivity contribution is 5.79. The van der Waals surface area contributed by atoms with E-state index in [4.69, 9.17) is 4.74 Å². The molecule has 1 heterocycles. The van der Waals surface area contributed by atoms with E-state index in [1.807, 2.05) is 12.1 Å². The topological polar surface area (TPSA) is 48.9 Å². The third-order valence-corrected chi connectivity index (χ3v) is 4.80. The third-order valence-electron chi connectivity index (χ3n) is 4.80. The summed E-state index contributed by atoms with van der Waals surface area (Å²) in [4.78, 5) is 6.65. The van der Waals surface area contributed by atoms with Crippen LogP contribution in [-0.4, -0.2) is 33.7 Å². The lowest BCUT2D eigenvalue weighted by Crippen LogP contribution is -2.36. The van der Waals surface area contributed by atoms with Crippen molar-refractivity contribution in [2.45, 2.75) is 25.9 Å². The maximum absolute atomic E-state index is 5.19. The largest absolute Gasteiger partial charge is 0.497 e. The smallest absolute Gasteiger partial charge is 0.191 e. The molecule has 0 radical (unpaired) electrons. The lowest BCUT2D eigenvalue weighted by molar-refractivity contribution is 0.414. The van der Waals surface area contributed by atoms with Crippen molar-refractivity contribution < 1.29 is 4.74 Å². The highest BCUT2D eigenvalue weighted by atomic mass is 16.5. The quantitative estimate of drug-likeness (QED) is 0.642. The highest BCUT2D eigenvalue weighted by Gasteiger charge is 2.13. The summed E-state index contributed by atoms with van der Waals surface area (Å²) in [6, 6.07) is 14.8. The van der Waals surface area contributed by atoms with E-state index in [1.165, 1.54) is 28.8 Å². The molecule has 0 aliphatic carbocycles. The molecule has 1 aliphatic heterocycles. The Hall–Kier alpha value is -2.69. The molecule has 2 aromatic carbocycles. The van der Waals surface area contributed by atoms with Crippen LogP contribution in [0.1, 0.15) is 23.1 Å². The number of hydrogen-bond acceptors (Lipinski definition) is 3. The zero-order valence-corrected chi connectivity index (χ0v) is 15.9. The highest BCUT2D eigenvalue weighted by Crippen LogP contribution is 2.26. The second-order valence-corrected chi connectivity index (χ2v) is 6.62. The molecule has 0 aromatic heterocycles. The first-order valence-corrected chi connectivity index (χ1v) is 9.10. The van der Waals surface area contributed by atoms with Gasteiger partial charge >= 0.3 is 0 Å². The predicted octanol–water partition coefficient (Wildman–Crippen LogP) is 2.94. The van der Waals surface area contributed by atoms with Crippen LogP contribution in [0.25, 0.3) is 0 Å². The standard InChI is InChI=1S/C21H28N4O/c1-22-21(23-14-16-6-9-19(26-3)10-7-16)24-15-17-8-11-20-18(13-17)5-4-12-25(20)2/h6-11,13H,4-5,12,14-15H2,1-3H3,(H2,22,23,24). The molecule has 2 N–H and O–H groups in total. The number of rotatable bonds is 5. The molecule has 0 spiro atoms. The van der Waals surface area contributed by atoms with Crippen molar-refractivity contribution in [3.8, 4) is 5.75 Å². The van der Waals surface area contributed by atoms with Gasteiger partial charge in [-0.2, -0.15) is 0 Å². The number of ether oxygens (including phenoxy) is 1. The summed E-state index contributed by atoms with van der Waals surface area (Å²) in [6.45, 7) is 2.63. The molecular formula is C21H28N4O. The second kappa shape index (κ2) is 8.61. The van der Waals surface area contributed by atoms with Crippen LogP contribution in [0.4, 0.5) is 5.69 Å². The monoisotopic (exact) mass is 352 g/mol. The molecule has 0 saturated heterocycles. The second-order valence-electron chi connectivity index (χ2n) is 6.62. The van der Waals surface area contributed by atoms with Gasteiger partial charge in [0.2, 0.25) is 0 Å². The van der Waals surface area contributed by atoms with E-state index < -0.39 is 0 Å². The Morgan fingerprint density at radius 3 is 2.46 bits per heavy atom. The summed E-state index contributed by atoms with van der Waals surface area (Å²) < 4.78 is 5.19. The number of aliphatic imine (C=N–C) groups is 1. The summed E-state index contributed by atoms with van der Waals surface area (Å²) in [7, 11) is 5.64. The molecule has 138 valence electrons. The minimum absolute atomic E-state index is 0.721. The Bertz CT molecular complexity index is 755.